The molecule has 1 aromatic heterocycles. The molecule has 1 heterocycles. The van der Waals surface area contributed by atoms with Crippen molar-refractivity contribution >= 4 is 35.0 Å². The summed E-state index contributed by atoms with van der Waals surface area (Å²) in [5.74, 6) is 0.247. The normalized spacial score (nSPS) is 16.1. The van der Waals surface area contributed by atoms with Crippen LogP contribution in [-0.4, -0.2) is 5.91 Å². The van der Waals surface area contributed by atoms with Crippen LogP contribution in [0.4, 0.5) is 5.69 Å². The van der Waals surface area contributed by atoms with E-state index in [1.807, 2.05) is 49.4 Å². The summed E-state index contributed by atoms with van der Waals surface area (Å²) in [6, 6.07) is 13.7. The number of halogens is 1. The fraction of sp³-hybridized carbons (Fsp3) is 0.250. The van der Waals surface area contributed by atoms with Crippen molar-refractivity contribution in [2.75, 3.05) is 5.73 Å². The van der Waals surface area contributed by atoms with Crippen LogP contribution in [0, 0.1) is 6.92 Å². The summed E-state index contributed by atoms with van der Waals surface area (Å²) in [6.07, 6.45) is 2.98. The van der Waals surface area contributed by atoms with Crippen molar-refractivity contribution in [1.82, 2.24) is 5.32 Å². The molecule has 0 aliphatic heterocycles. The second-order valence-corrected chi connectivity index (χ2v) is 6.43. The number of carbonyl (C=O) groups is 1. The van der Waals surface area contributed by atoms with Gasteiger partial charge in [0.05, 0.1) is 6.04 Å². The summed E-state index contributed by atoms with van der Waals surface area (Å²) in [6.45, 7) is 1.93. The molecule has 130 valence electrons. The zero-order chi connectivity index (χ0) is 16.7. The Morgan fingerprint density at radius 1 is 1.24 bits per heavy atom. The maximum Gasteiger partial charge on any atom is 0.287 e. The molecule has 25 heavy (non-hydrogen) atoms. The molecular weight excluding hydrogens is 336 g/mol. The van der Waals surface area contributed by atoms with Crippen LogP contribution in [0.3, 0.4) is 0 Å². The van der Waals surface area contributed by atoms with E-state index in [0.29, 0.717) is 5.76 Å². The maximum atomic E-state index is 12.8. The van der Waals surface area contributed by atoms with Crippen molar-refractivity contribution in [1.29, 1.82) is 0 Å². The second kappa shape index (κ2) is 6.81. The Morgan fingerprint density at radius 3 is 2.84 bits per heavy atom. The molecule has 0 spiro atoms. The van der Waals surface area contributed by atoms with Crippen molar-refractivity contribution in [2.45, 2.75) is 32.2 Å². The Morgan fingerprint density at radius 2 is 2.04 bits per heavy atom. The van der Waals surface area contributed by atoms with E-state index < -0.39 is 0 Å². The lowest BCUT2D eigenvalue weighted by Gasteiger charge is -2.26. The summed E-state index contributed by atoms with van der Waals surface area (Å²) in [5, 5.41) is 4.12. The first-order valence-corrected chi connectivity index (χ1v) is 8.31. The number of carbonyl (C=O) groups excluding carboxylic acids is 1. The van der Waals surface area contributed by atoms with Gasteiger partial charge in [-0.2, -0.15) is 0 Å². The molecule has 1 atom stereocenters. The van der Waals surface area contributed by atoms with Gasteiger partial charge in [-0.1, -0.05) is 24.3 Å². The van der Waals surface area contributed by atoms with E-state index in [0.717, 1.165) is 47.0 Å². The minimum Gasteiger partial charge on any atom is -0.451 e. The SMILES string of the molecule is Cc1c(C(=O)NC2CCCc3cc(N)ccc32)oc2ccccc12.Cl. The van der Waals surface area contributed by atoms with Crippen LogP contribution in [-0.2, 0) is 6.42 Å². The third-order valence-electron chi connectivity index (χ3n) is 4.84. The highest BCUT2D eigenvalue weighted by atomic mass is 35.5. The van der Waals surface area contributed by atoms with E-state index in [4.69, 9.17) is 10.2 Å². The molecule has 4 rings (SSSR count). The zero-order valence-electron chi connectivity index (χ0n) is 14.0. The van der Waals surface area contributed by atoms with E-state index in [9.17, 15) is 4.79 Å². The number of aryl methyl sites for hydroxylation is 2. The van der Waals surface area contributed by atoms with Gasteiger partial charge in [0.2, 0.25) is 0 Å². The Hall–Kier alpha value is -2.46. The molecule has 0 saturated heterocycles. The number of amides is 1. The molecule has 0 fully saturated rings. The first-order valence-electron chi connectivity index (χ1n) is 8.31. The lowest BCUT2D eigenvalue weighted by atomic mass is 9.87. The number of furan rings is 1. The van der Waals surface area contributed by atoms with Crippen LogP contribution in [0.25, 0.3) is 11.0 Å². The molecule has 5 heteroatoms. The van der Waals surface area contributed by atoms with E-state index >= 15 is 0 Å². The summed E-state index contributed by atoms with van der Waals surface area (Å²) >= 11 is 0. The van der Waals surface area contributed by atoms with Gasteiger partial charge in [0, 0.05) is 16.6 Å². The molecular formula is C20H21ClN2O2. The minimum absolute atomic E-state index is 0. The highest BCUT2D eigenvalue weighted by Gasteiger charge is 2.25. The highest BCUT2D eigenvalue weighted by Crippen LogP contribution is 2.32. The standard InChI is InChI=1S/C20H20N2O2.ClH/c1-12-15-6-2-3-8-18(15)24-19(12)20(23)22-17-7-4-5-13-11-14(21)9-10-16(13)17;/h2-3,6,8-11,17H,4-5,7,21H2,1H3,(H,22,23);1H. The molecule has 0 radical (unpaired) electrons. The van der Waals surface area contributed by atoms with Gasteiger partial charge in [0.1, 0.15) is 5.58 Å². The second-order valence-electron chi connectivity index (χ2n) is 6.43. The molecule has 3 aromatic rings. The van der Waals surface area contributed by atoms with Crippen LogP contribution in [0.5, 0.6) is 0 Å². The van der Waals surface area contributed by atoms with E-state index in [2.05, 4.69) is 5.32 Å². The van der Waals surface area contributed by atoms with E-state index in [1.54, 1.807) is 0 Å². The zero-order valence-corrected chi connectivity index (χ0v) is 14.9. The van der Waals surface area contributed by atoms with Gasteiger partial charge < -0.3 is 15.5 Å². The number of fused-ring (bicyclic) bond motifs is 2. The average Bonchev–Trinajstić information content (AvgIpc) is 2.92. The van der Waals surface area contributed by atoms with Crippen molar-refractivity contribution in [3.05, 3.63) is 64.9 Å². The van der Waals surface area contributed by atoms with Gasteiger partial charge in [-0.05, 0) is 55.5 Å². The number of nitrogens with two attached hydrogens (primary N) is 1. The molecule has 1 aliphatic carbocycles. The number of nitrogen functional groups attached to an aromatic ring is 1. The number of benzene rings is 2. The van der Waals surface area contributed by atoms with E-state index in [1.165, 1.54) is 5.56 Å². The lowest BCUT2D eigenvalue weighted by Crippen LogP contribution is -2.31. The number of nitrogens with one attached hydrogen (secondary N) is 1. The fourth-order valence-corrected chi connectivity index (χ4v) is 3.60. The van der Waals surface area contributed by atoms with Crippen LogP contribution < -0.4 is 11.1 Å². The smallest absolute Gasteiger partial charge is 0.287 e. The van der Waals surface area contributed by atoms with Gasteiger partial charge in [-0.3, -0.25) is 4.79 Å². The van der Waals surface area contributed by atoms with Crippen molar-refractivity contribution < 1.29 is 9.21 Å². The maximum absolute atomic E-state index is 12.8. The number of hydrogen-bond acceptors (Lipinski definition) is 3. The molecule has 3 N–H and O–H groups in total. The summed E-state index contributed by atoms with van der Waals surface area (Å²) < 4.78 is 5.78. The summed E-state index contributed by atoms with van der Waals surface area (Å²) in [4.78, 5) is 12.8. The van der Waals surface area contributed by atoms with Gasteiger partial charge in [-0.15, -0.1) is 12.4 Å². The molecule has 1 unspecified atom stereocenters. The molecule has 0 saturated carbocycles. The molecule has 2 aromatic carbocycles. The highest BCUT2D eigenvalue weighted by molar-refractivity contribution is 5.99. The largest absolute Gasteiger partial charge is 0.451 e. The number of anilines is 1. The predicted octanol–water partition coefficient (Wildman–Crippen LogP) is 4.55. The van der Waals surface area contributed by atoms with Gasteiger partial charge in [0.15, 0.2) is 5.76 Å². The van der Waals surface area contributed by atoms with Crippen molar-refractivity contribution in [2.24, 2.45) is 0 Å². The molecule has 4 nitrogen and oxygen atoms in total. The van der Waals surface area contributed by atoms with Crippen LogP contribution in [0.15, 0.2) is 46.9 Å². The Kier molecular flexibility index (Phi) is 4.73. The summed E-state index contributed by atoms with van der Waals surface area (Å²) in [5.41, 5.74) is 10.7. The minimum atomic E-state index is -0.154. The topological polar surface area (TPSA) is 68.3 Å². The van der Waals surface area contributed by atoms with Crippen LogP contribution in [0.1, 0.15) is 46.1 Å². The van der Waals surface area contributed by atoms with Gasteiger partial charge >= 0.3 is 0 Å². The van der Waals surface area contributed by atoms with Crippen molar-refractivity contribution in [3.63, 3.8) is 0 Å². The van der Waals surface area contributed by atoms with Crippen LogP contribution >= 0.6 is 12.4 Å². The van der Waals surface area contributed by atoms with Gasteiger partial charge in [0.25, 0.3) is 5.91 Å². The third-order valence-corrected chi connectivity index (χ3v) is 4.84. The average molecular weight is 357 g/mol. The van der Waals surface area contributed by atoms with Gasteiger partial charge in [-0.25, -0.2) is 0 Å². The Balaban J connectivity index is 0.00000182. The van der Waals surface area contributed by atoms with Crippen LogP contribution in [0.2, 0.25) is 0 Å². The molecule has 0 bridgehead atoms. The molecule has 1 aliphatic rings. The lowest BCUT2D eigenvalue weighted by molar-refractivity contribution is 0.0906. The van der Waals surface area contributed by atoms with Crippen molar-refractivity contribution in [3.8, 4) is 0 Å². The number of hydrogen-bond donors (Lipinski definition) is 2. The molecule has 1 amide bonds. The first kappa shape index (κ1) is 17.4. The third kappa shape index (κ3) is 3.10. The monoisotopic (exact) mass is 356 g/mol. The van der Waals surface area contributed by atoms with E-state index in [-0.39, 0.29) is 24.4 Å². The fourth-order valence-electron chi connectivity index (χ4n) is 3.60. The predicted molar refractivity (Wildman–Crippen MR) is 102 cm³/mol. The summed E-state index contributed by atoms with van der Waals surface area (Å²) in [7, 11) is 0. The quantitative estimate of drug-likeness (QED) is 0.662. The number of rotatable bonds is 2. The Bertz CT molecular complexity index is 933. The Labute approximate surface area is 152 Å². The first-order chi connectivity index (χ1) is 11.6. The number of para-hydroxylation sites is 1.